The normalized spacial score (nSPS) is 8.88. The lowest BCUT2D eigenvalue weighted by Gasteiger charge is -2.04. The monoisotopic (exact) mass is 121 g/mol. The number of amides is 1. The van der Waals surface area contributed by atoms with Crippen LogP contribution in [0.5, 0.6) is 0 Å². The maximum atomic E-state index is 11.8. The van der Waals surface area contributed by atoms with E-state index >= 15 is 0 Å². The average Bonchev–Trinajstić information content (AvgIpc) is 1.67. The fourth-order valence-corrected chi connectivity index (χ4v) is 0.245. The van der Waals surface area contributed by atoms with E-state index in [1.165, 1.54) is 0 Å². The molecule has 0 saturated carbocycles. The fraction of sp³-hybridized carbons (Fsp3) is 0.750. The Labute approximate surface area is 46.7 Å². The van der Waals surface area contributed by atoms with Crippen molar-refractivity contribution in [3.8, 4) is 0 Å². The standard InChI is InChI=1S/C4H8FNO2/c1-4(8)6(5)2-3-7/h7H,2-3H2,1H3. The van der Waals surface area contributed by atoms with Crippen molar-refractivity contribution < 1.29 is 14.4 Å². The van der Waals surface area contributed by atoms with E-state index < -0.39 is 5.91 Å². The number of aliphatic hydroxyl groups is 1. The van der Waals surface area contributed by atoms with E-state index in [9.17, 15) is 9.28 Å². The molecule has 0 heterocycles. The van der Waals surface area contributed by atoms with Gasteiger partial charge in [-0.1, -0.05) is 4.48 Å². The first-order valence-corrected chi connectivity index (χ1v) is 2.23. The maximum absolute atomic E-state index is 11.8. The van der Waals surface area contributed by atoms with Crippen LogP contribution in [0.3, 0.4) is 0 Å². The van der Waals surface area contributed by atoms with Crippen molar-refractivity contribution >= 4 is 5.91 Å². The van der Waals surface area contributed by atoms with Gasteiger partial charge in [0.25, 0.3) is 0 Å². The van der Waals surface area contributed by atoms with E-state index in [2.05, 4.69) is 0 Å². The lowest BCUT2D eigenvalue weighted by Crippen LogP contribution is -2.22. The van der Waals surface area contributed by atoms with E-state index in [1.807, 2.05) is 0 Å². The molecule has 0 rings (SSSR count). The van der Waals surface area contributed by atoms with Gasteiger partial charge in [0.1, 0.15) is 0 Å². The summed E-state index contributed by atoms with van der Waals surface area (Å²) in [6.45, 7) is 0.515. The summed E-state index contributed by atoms with van der Waals surface area (Å²) < 4.78 is 11.8. The Kier molecular flexibility index (Phi) is 3.10. The molecule has 0 spiro atoms. The molecule has 1 amide bonds. The van der Waals surface area contributed by atoms with Gasteiger partial charge >= 0.3 is 0 Å². The molecule has 0 radical (unpaired) electrons. The Bertz CT molecular complexity index is 86.1. The summed E-state index contributed by atoms with van der Waals surface area (Å²) in [6.07, 6.45) is 0. The zero-order chi connectivity index (χ0) is 6.57. The van der Waals surface area contributed by atoms with E-state index in [-0.39, 0.29) is 18.3 Å². The molecule has 0 atom stereocenters. The topological polar surface area (TPSA) is 40.5 Å². The second kappa shape index (κ2) is 3.37. The molecule has 0 aromatic carbocycles. The highest BCUT2D eigenvalue weighted by atomic mass is 19.2. The number of hydrogen-bond donors (Lipinski definition) is 1. The number of aliphatic hydroxyl groups excluding tert-OH is 1. The highest BCUT2D eigenvalue weighted by molar-refractivity contribution is 5.71. The Hall–Kier alpha value is -0.640. The van der Waals surface area contributed by atoms with Crippen molar-refractivity contribution in [1.82, 2.24) is 5.12 Å². The number of carbonyl (C=O) groups is 1. The fourth-order valence-electron chi connectivity index (χ4n) is 0.245. The summed E-state index contributed by atoms with van der Waals surface area (Å²) in [5.74, 6) is -0.681. The smallest absolute Gasteiger partial charge is 0.247 e. The molecular weight excluding hydrogens is 113 g/mol. The summed E-state index contributed by atoms with van der Waals surface area (Å²) in [6, 6.07) is 0. The molecule has 8 heavy (non-hydrogen) atoms. The molecule has 0 bridgehead atoms. The zero-order valence-electron chi connectivity index (χ0n) is 4.59. The molecule has 0 aliphatic heterocycles. The highest BCUT2D eigenvalue weighted by Gasteiger charge is 2.02. The average molecular weight is 121 g/mol. The lowest BCUT2D eigenvalue weighted by molar-refractivity contribution is -0.144. The van der Waals surface area contributed by atoms with Crippen LogP contribution in [-0.2, 0) is 4.79 Å². The van der Waals surface area contributed by atoms with Gasteiger partial charge in [0.05, 0.1) is 13.2 Å². The first-order chi connectivity index (χ1) is 3.68. The minimum atomic E-state index is -0.681. The van der Waals surface area contributed by atoms with Crippen molar-refractivity contribution in [3.05, 3.63) is 0 Å². The van der Waals surface area contributed by atoms with Gasteiger partial charge in [0.15, 0.2) is 0 Å². The van der Waals surface area contributed by atoms with Crippen molar-refractivity contribution in [1.29, 1.82) is 0 Å². The minimum Gasteiger partial charge on any atom is -0.394 e. The summed E-state index contributed by atoms with van der Waals surface area (Å²) in [7, 11) is 0. The molecule has 3 nitrogen and oxygen atoms in total. The van der Waals surface area contributed by atoms with E-state index in [1.54, 1.807) is 0 Å². The molecule has 0 saturated heterocycles. The van der Waals surface area contributed by atoms with Crippen molar-refractivity contribution in [2.24, 2.45) is 0 Å². The number of halogens is 1. The van der Waals surface area contributed by atoms with Crippen LogP contribution in [0.2, 0.25) is 0 Å². The van der Waals surface area contributed by atoms with Crippen LogP contribution in [-0.4, -0.2) is 29.3 Å². The Balaban J connectivity index is 3.32. The highest BCUT2D eigenvalue weighted by Crippen LogP contribution is 1.86. The van der Waals surface area contributed by atoms with Crippen LogP contribution < -0.4 is 0 Å². The predicted octanol–water partition coefficient (Wildman–Crippen LogP) is -0.288. The van der Waals surface area contributed by atoms with Gasteiger partial charge in [0.2, 0.25) is 5.91 Å². The third-order valence-electron chi connectivity index (χ3n) is 0.638. The number of hydrogen-bond acceptors (Lipinski definition) is 2. The Morgan fingerprint density at radius 3 is 2.50 bits per heavy atom. The molecule has 48 valence electrons. The summed E-state index contributed by atoms with van der Waals surface area (Å²) >= 11 is 0. The Morgan fingerprint density at radius 1 is 1.88 bits per heavy atom. The molecule has 0 fully saturated rings. The van der Waals surface area contributed by atoms with Crippen LogP contribution in [0.4, 0.5) is 4.48 Å². The van der Waals surface area contributed by atoms with Crippen molar-refractivity contribution in [2.75, 3.05) is 13.2 Å². The maximum Gasteiger partial charge on any atom is 0.247 e. The molecule has 0 aromatic heterocycles. The summed E-state index contributed by atoms with van der Waals surface area (Å²) in [5, 5.41) is 8.01. The van der Waals surface area contributed by atoms with Crippen LogP contribution >= 0.6 is 0 Å². The minimum absolute atomic E-state index is 0.0417. The molecular formula is C4H8FNO2. The zero-order valence-corrected chi connectivity index (χ0v) is 4.59. The van der Waals surface area contributed by atoms with Crippen molar-refractivity contribution in [2.45, 2.75) is 6.92 Å². The molecule has 0 unspecified atom stereocenters. The first-order valence-electron chi connectivity index (χ1n) is 2.23. The molecule has 4 heteroatoms. The van der Waals surface area contributed by atoms with Crippen LogP contribution in [0.25, 0.3) is 0 Å². The second-order valence-corrected chi connectivity index (χ2v) is 1.33. The quantitative estimate of drug-likeness (QED) is 0.510. The second-order valence-electron chi connectivity index (χ2n) is 1.33. The summed E-state index contributed by atoms with van der Waals surface area (Å²) in [5.41, 5.74) is 0. The molecule has 0 aliphatic carbocycles. The van der Waals surface area contributed by atoms with E-state index in [4.69, 9.17) is 5.11 Å². The SMILES string of the molecule is CC(=O)N(F)CCO. The first kappa shape index (κ1) is 7.36. The van der Waals surface area contributed by atoms with Gasteiger partial charge in [-0.25, -0.2) is 0 Å². The van der Waals surface area contributed by atoms with Gasteiger partial charge in [-0.2, -0.15) is 5.12 Å². The van der Waals surface area contributed by atoms with Gasteiger partial charge in [-0.05, 0) is 0 Å². The summed E-state index contributed by atoms with van der Waals surface area (Å²) in [4.78, 5) is 9.97. The third-order valence-corrected chi connectivity index (χ3v) is 0.638. The van der Waals surface area contributed by atoms with E-state index in [0.717, 1.165) is 6.92 Å². The van der Waals surface area contributed by atoms with Crippen molar-refractivity contribution in [3.63, 3.8) is 0 Å². The number of rotatable bonds is 2. The largest absolute Gasteiger partial charge is 0.394 e. The van der Waals surface area contributed by atoms with Gasteiger partial charge in [0, 0.05) is 6.92 Å². The molecule has 0 aliphatic rings. The number of nitrogens with zero attached hydrogens (tertiary/aromatic N) is 1. The van der Waals surface area contributed by atoms with Crippen LogP contribution in [0.15, 0.2) is 0 Å². The Morgan fingerprint density at radius 2 is 2.38 bits per heavy atom. The lowest BCUT2D eigenvalue weighted by atomic mass is 10.6. The van der Waals surface area contributed by atoms with Gasteiger partial charge in [-0.15, -0.1) is 0 Å². The molecule has 1 N–H and O–H groups in total. The van der Waals surface area contributed by atoms with Crippen LogP contribution in [0.1, 0.15) is 6.92 Å². The van der Waals surface area contributed by atoms with Crippen LogP contribution in [0, 0.1) is 0 Å². The number of carbonyl (C=O) groups excluding carboxylic acids is 1. The van der Waals surface area contributed by atoms with Gasteiger partial charge < -0.3 is 5.11 Å². The van der Waals surface area contributed by atoms with E-state index in [0.29, 0.717) is 0 Å². The van der Waals surface area contributed by atoms with Gasteiger partial charge in [-0.3, -0.25) is 4.79 Å². The molecule has 0 aromatic rings. The predicted molar refractivity (Wildman–Crippen MR) is 25.6 cm³/mol. The third kappa shape index (κ3) is 2.52.